The van der Waals surface area contributed by atoms with Gasteiger partial charge in [-0.1, -0.05) is 30.7 Å². The van der Waals surface area contributed by atoms with E-state index in [1.54, 1.807) is 36.4 Å². The van der Waals surface area contributed by atoms with Crippen LogP contribution in [0.25, 0.3) is 0 Å². The third kappa shape index (κ3) is 4.70. The Morgan fingerprint density at radius 1 is 0.923 bits per heavy atom. The second-order valence-corrected chi connectivity index (χ2v) is 6.26. The quantitative estimate of drug-likeness (QED) is 0.646. The smallest absolute Gasteiger partial charge is 0.269 e. The molecule has 1 aliphatic rings. The minimum atomic E-state index is -0.374. The Bertz CT molecular complexity index is 860. The van der Waals surface area contributed by atoms with Crippen LogP contribution in [-0.4, -0.2) is 11.8 Å². The van der Waals surface area contributed by atoms with Crippen LogP contribution in [0.15, 0.2) is 48.5 Å². The van der Waals surface area contributed by atoms with Crippen LogP contribution in [0.1, 0.15) is 47.2 Å². The van der Waals surface area contributed by atoms with Gasteiger partial charge in [0.25, 0.3) is 5.91 Å². The fraction of sp³-hybridized carbons (Fsp3) is 0.238. The Kier molecular flexibility index (Phi) is 5.65. The van der Waals surface area contributed by atoms with Crippen molar-refractivity contribution in [2.75, 3.05) is 0 Å². The monoisotopic (exact) mass is 350 g/mol. The Balaban J connectivity index is 1.57. The largest absolute Gasteiger partial charge is 0.273 e. The van der Waals surface area contributed by atoms with Crippen LogP contribution < -0.4 is 10.9 Å². The lowest BCUT2D eigenvalue weighted by Crippen LogP contribution is -2.44. The zero-order valence-electron chi connectivity index (χ0n) is 14.2. The van der Waals surface area contributed by atoms with Gasteiger partial charge in [0.1, 0.15) is 5.82 Å². The lowest BCUT2D eigenvalue weighted by molar-refractivity contribution is -0.125. The van der Waals surface area contributed by atoms with E-state index in [2.05, 4.69) is 22.7 Å². The van der Waals surface area contributed by atoms with E-state index < -0.39 is 0 Å². The molecule has 1 saturated carbocycles. The van der Waals surface area contributed by atoms with Gasteiger partial charge in [-0.3, -0.25) is 20.4 Å². The van der Waals surface area contributed by atoms with Gasteiger partial charge < -0.3 is 0 Å². The number of hydrazine groups is 1. The molecule has 2 amide bonds. The minimum Gasteiger partial charge on any atom is -0.273 e. The van der Waals surface area contributed by atoms with Gasteiger partial charge in [-0.2, -0.15) is 0 Å². The van der Waals surface area contributed by atoms with Gasteiger partial charge in [-0.15, -0.1) is 0 Å². The molecule has 1 aliphatic carbocycles. The molecule has 2 N–H and O–H groups in total. The third-order valence-corrected chi connectivity index (χ3v) is 4.35. The molecule has 0 radical (unpaired) electrons. The second-order valence-electron chi connectivity index (χ2n) is 6.26. The summed E-state index contributed by atoms with van der Waals surface area (Å²) in [5.41, 5.74) is 6.65. The summed E-state index contributed by atoms with van der Waals surface area (Å²) in [7, 11) is 0. The first-order chi connectivity index (χ1) is 12.6. The first-order valence-electron chi connectivity index (χ1n) is 8.60. The molecular weight excluding hydrogens is 331 g/mol. The van der Waals surface area contributed by atoms with E-state index in [1.807, 2.05) is 0 Å². The van der Waals surface area contributed by atoms with E-state index in [1.165, 1.54) is 12.1 Å². The first-order valence-corrected chi connectivity index (χ1v) is 8.60. The molecule has 0 heterocycles. The van der Waals surface area contributed by atoms with Crippen LogP contribution in [0.3, 0.4) is 0 Å². The molecule has 1 fully saturated rings. The topological polar surface area (TPSA) is 58.2 Å². The highest BCUT2D eigenvalue weighted by atomic mass is 19.1. The van der Waals surface area contributed by atoms with Crippen molar-refractivity contribution in [3.8, 4) is 11.8 Å². The maximum atomic E-state index is 13.1. The number of benzene rings is 2. The lowest BCUT2D eigenvalue weighted by atomic mass is 10.1. The van der Waals surface area contributed by atoms with Crippen LogP contribution in [0.4, 0.5) is 4.39 Å². The summed E-state index contributed by atoms with van der Waals surface area (Å²) in [4.78, 5) is 24.0. The highest BCUT2D eigenvalue weighted by molar-refractivity contribution is 5.95. The second kappa shape index (κ2) is 8.30. The maximum absolute atomic E-state index is 13.1. The summed E-state index contributed by atoms with van der Waals surface area (Å²) in [6.07, 6.45) is 3.87. The van der Waals surface area contributed by atoms with Crippen LogP contribution in [0.2, 0.25) is 0 Å². The van der Waals surface area contributed by atoms with Gasteiger partial charge in [-0.25, -0.2) is 4.39 Å². The Hall–Kier alpha value is -3.13. The van der Waals surface area contributed by atoms with Crippen molar-refractivity contribution in [1.29, 1.82) is 0 Å². The minimum absolute atomic E-state index is 0.00391. The number of hydrogen-bond donors (Lipinski definition) is 2. The molecule has 0 aliphatic heterocycles. The molecule has 3 rings (SSSR count). The molecule has 5 heteroatoms. The molecule has 132 valence electrons. The standard InChI is InChI=1S/C21H19FN2O2/c22-19-7-3-4-16(14-19)9-8-15-10-12-18(13-11-15)21(26)24-23-20(25)17-5-1-2-6-17/h3-4,7,10-14,17H,1-2,5-6H2,(H,23,25)(H,24,26). The Morgan fingerprint density at radius 2 is 1.62 bits per heavy atom. The van der Waals surface area contributed by atoms with Crippen molar-refractivity contribution in [3.63, 3.8) is 0 Å². The maximum Gasteiger partial charge on any atom is 0.269 e. The van der Waals surface area contributed by atoms with Crippen LogP contribution in [0.5, 0.6) is 0 Å². The lowest BCUT2D eigenvalue weighted by Gasteiger charge is -2.11. The zero-order valence-corrected chi connectivity index (χ0v) is 14.2. The highest BCUT2D eigenvalue weighted by Gasteiger charge is 2.22. The van der Waals surface area contributed by atoms with Gasteiger partial charge in [0.05, 0.1) is 0 Å². The number of amides is 2. The molecule has 0 spiro atoms. The molecular formula is C21H19FN2O2. The van der Waals surface area contributed by atoms with Crippen molar-refractivity contribution >= 4 is 11.8 Å². The van der Waals surface area contributed by atoms with Crippen molar-refractivity contribution < 1.29 is 14.0 Å². The van der Waals surface area contributed by atoms with Crippen molar-refractivity contribution in [3.05, 3.63) is 71.0 Å². The third-order valence-electron chi connectivity index (χ3n) is 4.35. The summed E-state index contributed by atoms with van der Waals surface area (Å²) < 4.78 is 13.1. The van der Waals surface area contributed by atoms with Crippen molar-refractivity contribution in [2.24, 2.45) is 5.92 Å². The summed E-state index contributed by atoms with van der Waals surface area (Å²) in [6, 6.07) is 12.7. The molecule has 4 nitrogen and oxygen atoms in total. The van der Waals surface area contributed by atoms with E-state index in [0.29, 0.717) is 16.7 Å². The van der Waals surface area contributed by atoms with Crippen LogP contribution >= 0.6 is 0 Å². The van der Waals surface area contributed by atoms with E-state index in [9.17, 15) is 14.0 Å². The number of nitrogens with one attached hydrogen (secondary N) is 2. The molecule has 0 aromatic heterocycles. The van der Waals surface area contributed by atoms with Crippen molar-refractivity contribution in [1.82, 2.24) is 10.9 Å². The van der Waals surface area contributed by atoms with Gasteiger partial charge in [0.2, 0.25) is 5.91 Å². The van der Waals surface area contributed by atoms with Gasteiger partial charge in [0.15, 0.2) is 0 Å². The summed E-state index contributed by atoms with van der Waals surface area (Å²) >= 11 is 0. The number of carbonyl (C=O) groups is 2. The molecule has 26 heavy (non-hydrogen) atoms. The Morgan fingerprint density at radius 3 is 2.31 bits per heavy atom. The van der Waals surface area contributed by atoms with Crippen LogP contribution in [0, 0.1) is 23.6 Å². The fourth-order valence-corrected chi connectivity index (χ4v) is 2.90. The van der Waals surface area contributed by atoms with Crippen molar-refractivity contribution in [2.45, 2.75) is 25.7 Å². The van der Waals surface area contributed by atoms with Gasteiger partial charge >= 0.3 is 0 Å². The number of rotatable bonds is 2. The number of hydrogen-bond acceptors (Lipinski definition) is 2. The van der Waals surface area contributed by atoms with E-state index in [4.69, 9.17) is 0 Å². The molecule has 0 bridgehead atoms. The van der Waals surface area contributed by atoms with E-state index >= 15 is 0 Å². The predicted molar refractivity (Wildman–Crippen MR) is 96.4 cm³/mol. The normalized spacial score (nSPS) is 13.6. The van der Waals surface area contributed by atoms with E-state index in [0.717, 1.165) is 25.7 Å². The van der Waals surface area contributed by atoms with Gasteiger partial charge in [0, 0.05) is 22.6 Å². The average molecular weight is 350 g/mol. The van der Waals surface area contributed by atoms with E-state index in [-0.39, 0.29) is 23.5 Å². The molecule has 0 saturated heterocycles. The average Bonchev–Trinajstić information content (AvgIpc) is 3.19. The van der Waals surface area contributed by atoms with Gasteiger partial charge in [-0.05, 0) is 55.3 Å². The first kappa shape index (κ1) is 17.7. The predicted octanol–water partition coefficient (Wildman–Crippen LogP) is 3.18. The van der Waals surface area contributed by atoms with Crippen LogP contribution in [-0.2, 0) is 4.79 Å². The number of halogens is 1. The molecule has 0 unspecified atom stereocenters. The SMILES string of the molecule is O=C(NNC(=O)C1CCCC1)c1ccc(C#Cc2cccc(F)c2)cc1. The number of carbonyl (C=O) groups excluding carboxylic acids is 2. The Labute approximate surface area is 151 Å². The molecule has 2 aromatic carbocycles. The zero-order chi connectivity index (χ0) is 18.4. The fourth-order valence-electron chi connectivity index (χ4n) is 2.90. The molecule has 0 atom stereocenters. The summed E-state index contributed by atoms with van der Waals surface area (Å²) in [6.45, 7) is 0. The highest BCUT2D eigenvalue weighted by Crippen LogP contribution is 2.24. The summed E-state index contributed by atoms with van der Waals surface area (Å²) in [5, 5.41) is 0. The summed E-state index contributed by atoms with van der Waals surface area (Å²) in [5.74, 6) is 4.96. The molecule has 2 aromatic rings.